The van der Waals surface area contributed by atoms with Crippen molar-refractivity contribution in [2.24, 2.45) is 0 Å². The first-order valence-electron chi connectivity index (χ1n) is 11.1. The van der Waals surface area contributed by atoms with Crippen LogP contribution < -0.4 is 20.1 Å². The first-order chi connectivity index (χ1) is 17.2. The topological polar surface area (TPSA) is 76.9 Å². The second-order valence-corrected chi connectivity index (χ2v) is 8.64. The molecule has 2 aromatic carbocycles. The van der Waals surface area contributed by atoms with Crippen LogP contribution in [0, 0.1) is 25.5 Å². The molecular formula is C26H25ClF2N4O3. The van der Waals surface area contributed by atoms with Gasteiger partial charge in [-0.1, -0.05) is 23.7 Å². The van der Waals surface area contributed by atoms with Gasteiger partial charge in [-0.25, -0.2) is 13.8 Å². The van der Waals surface area contributed by atoms with Gasteiger partial charge < -0.3 is 14.8 Å². The van der Waals surface area contributed by atoms with E-state index in [1.807, 2.05) is 19.1 Å². The average molecular weight is 515 g/mol. The fourth-order valence-electron chi connectivity index (χ4n) is 3.93. The smallest absolute Gasteiger partial charge is 0.271 e. The number of methoxy groups -OCH3 is 1. The quantitative estimate of drug-likeness (QED) is 0.319. The van der Waals surface area contributed by atoms with Gasteiger partial charge in [0.25, 0.3) is 5.91 Å². The summed E-state index contributed by atoms with van der Waals surface area (Å²) in [4.78, 5) is 17.8. The minimum absolute atomic E-state index is 0.0835. The zero-order chi connectivity index (χ0) is 26.0. The van der Waals surface area contributed by atoms with E-state index in [0.29, 0.717) is 22.1 Å². The van der Waals surface area contributed by atoms with E-state index in [4.69, 9.17) is 21.1 Å². The summed E-state index contributed by atoms with van der Waals surface area (Å²) in [6, 6.07) is 11.2. The normalized spacial score (nSPS) is 12.0. The molecule has 0 saturated heterocycles. The fourth-order valence-corrected chi connectivity index (χ4v) is 4.06. The Morgan fingerprint density at radius 3 is 2.53 bits per heavy atom. The molecule has 0 aliphatic carbocycles. The number of aromatic nitrogens is 2. The van der Waals surface area contributed by atoms with E-state index < -0.39 is 17.8 Å². The number of benzene rings is 2. The lowest BCUT2D eigenvalue weighted by atomic mass is 10.1. The van der Waals surface area contributed by atoms with Crippen molar-refractivity contribution in [3.8, 4) is 11.5 Å². The molecule has 2 aromatic heterocycles. The number of fused-ring (bicyclic) bond motifs is 1. The Morgan fingerprint density at radius 1 is 1.14 bits per heavy atom. The van der Waals surface area contributed by atoms with Gasteiger partial charge in [-0.2, -0.15) is 0 Å². The van der Waals surface area contributed by atoms with E-state index in [2.05, 4.69) is 15.6 Å². The van der Waals surface area contributed by atoms with Gasteiger partial charge in [-0.05, 0) is 62.4 Å². The van der Waals surface area contributed by atoms with Crippen LogP contribution in [0.25, 0.3) is 5.65 Å². The van der Waals surface area contributed by atoms with Crippen LogP contribution in [0.5, 0.6) is 11.5 Å². The minimum Gasteiger partial charge on any atom is -0.494 e. The zero-order valence-corrected chi connectivity index (χ0v) is 20.9. The van der Waals surface area contributed by atoms with Gasteiger partial charge in [0.05, 0.1) is 18.4 Å². The fraction of sp³-hybridized carbons (Fsp3) is 0.231. The predicted octanol–water partition coefficient (Wildman–Crippen LogP) is 5.12. The van der Waals surface area contributed by atoms with Crippen molar-refractivity contribution in [3.05, 3.63) is 93.4 Å². The Morgan fingerprint density at radius 2 is 1.86 bits per heavy atom. The molecule has 0 aliphatic heterocycles. The van der Waals surface area contributed by atoms with E-state index >= 15 is 0 Å². The molecular weight excluding hydrogens is 490 g/mol. The summed E-state index contributed by atoms with van der Waals surface area (Å²) in [5.41, 5.74) is 2.44. The molecule has 36 heavy (non-hydrogen) atoms. The van der Waals surface area contributed by atoms with Gasteiger partial charge in [0.2, 0.25) is 0 Å². The lowest BCUT2D eigenvalue weighted by Gasteiger charge is -2.19. The number of amides is 1. The van der Waals surface area contributed by atoms with E-state index in [9.17, 15) is 13.6 Å². The van der Waals surface area contributed by atoms with Crippen molar-refractivity contribution in [2.75, 3.05) is 14.2 Å². The minimum atomic E-state index is -0.832. The maximum absolute atomic E-state index is 14.6. The molecule has 0 radical (unpaired) electrons. The van der Waals surface area contributed by atoms with Crippen LogP contribution in [-0.4, -0.2) is 29.4 Å². The molecule has 0 fully saturated rings. The standard InChI is InChI=1S/C26H25ClF2N4O3/c1-14-11-21(36-13-18-19(28)9-10-20(35-4)22(18)29)25-31-15(2)23(33(25)12-14)26(34)32-24(30-3)16-5-7-17(27)8-6-16/h5-12,24,30H,13H2,1-4H3,(H,32,34). The third kappa shape index (κ3) is 4.98. The van der Waals surface area contributed by atoms with Crippen molar-refractivity contribution in [1.82, 2.24) is 20.0 Å². The van der Waals surface area contributed by atoms with E-state index in [1.54, 1.807) is 42.8 Å². The Bertz CT molecular complexity index is 1420. The molecule has 7 nitrogen and oxygen atoms in total. The maximum Gasteiger partial charge on any atom is 0.271 e. The molecule has 2 N–H and O–H groups in total. The summed E-state index contributed by atoms with van der Waals surface area (Å²) in [6.45, 7) is 3.14. The third-order valence-electron chi connectivity index (χ3n) is 5.72. The van der Waals surface area contributed by atoms with Crippen molar-refractivity contribution in [2.45, 2.75) is 26.6 Å². The lowest BCUT2D eigenvalue weighted by molar-refractivity contribution is 0.0924. The summed E-state index contributed by atoms with van der Waals surface area (Å²) in [5, 5.41) is 6.61. The van der Waals surface area contributed by atoms with Gasteiger partial charge in [-0.3, -0.25) is 14.5 Å². The molecule has 10 heteroatoms. The van der Waals surface area contributed by atoms with Gasteiger partial charge in [0.1, 0.15) is 24.3 Å². The number of carbonyl (C=O) groups is 1. The lowest BCUT2D eigenvalue weighted by Crippen LogP contribution is -2.37. The molecule has 2 heterocycles. The van der Waals surface area contributed by atoms with Crippen LogP contribution in [0.3, 0.4) is 0 Å². The monoisotopic (exact) mass is 514 g/mol. The number of hydrogen-bond acceptors (Lipinski definition) is 5. The van der Waals surface area contributed by atoms with Crippen molar-refractivity contribution < 1.29 is 23.0 Å². The Balaban J connectivity index is 1.65. The number of nitrogens with one attached hydrogen (secondary N) is 2. The molecule has 1 amide bonds. The van der Waals surface area contributed by atoms with Crippen LogP contribution in [0.4, 0.5) is 8.78 Å². The van der Waals surface area contributed by atoms with Gasteiger partial charge >= 0.3 is 0 Å². The third-order valence-corrected chi connectivity index (χ3v) is 5.97. The van der Waals surface area contributed by atoms with Gasteiger partial charge in [0.15, 0.2) is 23.0 Å². The number of carbonyl (C=O) groups excluding carboxylic acids is 1. The molecule has 1 atom stereocenters. The van der Waals surface area contributed by atoms with Crippen LogP contribution in [0.2, 0.25) is 5.02 Å². The van der Waals surface area contributed by atoms with Crippen LogP contribution in [0.1, 0.15) is 39.0 Å². The van der Waals surface area contributed by atoms with Crippen molar-refractivity contribution in [1.29, 1.82) is 0 Å². The number of aryl methyl sites for hydroxylation is 2. The average Bonchev–Trinajstić information content (AvgIpc) is 3.18. The molecule has 0 bridgehead atoms. The Labute approximate surface area is 212 Å². The number of hydrogen-bond donors (Lipinski definition) is 2. The SMILES string of the molecule is CNC(NC(=O)c1c(C)nc2c(OCc3c(F)ccc(OC)c3F)cc(C)cn12)c1ccc(Cl)cc1. The zero-order valence-electron chi connectivity index (χ0n) is 20.2. The second kappa shape index (κ2) is 10.5. The van der Waals surface area contributed by atoms with Gasteiger partial charge in [-0.15, -0.1) is 0 Å². The Hall–Kier alpha value is -3.69. The predicted molar refractivity (Wildman–Crippen MR) is 133 cm³/mol. The number of pyridine rings is 1. The summed E-state index contributed by atoms with van der Waals surface area (Å²) in [5.74, 6) is -1.75. The first kappa shape index (κ1) is 25.4. The van der Waals surface area contributed by atoms with E-state index in [0.717, 1.165) is 17.2 Å². The summed E-state index contributed by atoms with van der Waals surface area (Å²) >= 11 is 5.98. The second-order valence-electron chi connectivity index (χ2n) is 8.20. The van der Waals surface area contributed by atoms with Crippen molar-refractivity contribution in [3.63, 3.8) is 0 Å². The molecule has 0 saturated carbocycles. The highest BCUT2D eigenvalue weighted by Crippen LogP contribution is 2.28. The number of nitrogens with zero attached hydrogens (tertiary/aromatic N) is 2. The molecule has 1 unspecified atom stereocenters. The van der Waals surface area contributed by atoms with Crippen LogP contribution >= 0.6 is 11.6 Å². The van der Waals surface area contributed by atoms with Crippen LogP contribution in [-0.2, 0) is 6.61 Å². The molecule has 188 valence electrons. The highest BCUT2D eigenvalue weighted by molar-refractivity contribution is 6.30. The number of imidazole rings is 1. The van der Waals surface area contributed by atoms with Crippen LogP contribution in [0.15, 0.2) is 48.7 Å². The van der Waals surface area contributed by atoms with Crippen molar-refractivity contribution >= 4 is 23.2 Å². The number of halogens is 3. The molecule has 0 spiro atoms. The molecule has 4 rings (SSSR count). The molecule has 0 aliphatic rings. The maximum atomic E-state index is 14.6. The summed E-state index contributed by atoms with van der Waals surface area (Å²) < 4.78 is 41.2. The summed E-state index contributed by atoms with van der Waals surface area (Å²) in [7, 11) is 3.03. The van der Waals surface area contributed by atoms with E-state index in [1.165, 1.54) is 13.2 Å². The highest BCUT2D eigenvalue weighted by atomic mass is 35.5. The summed E-state index contributed by atoms with van der Waals surface area (Å²) in [6.07, 6.45) is 1.28. The highest BCUT2D eigenvalue weighted by Gasteiger charge is 2.23. The first-order valence-corrected chi connectivity index (χ1v) is 11.5. The largest absolute Gasteiger partial charge is 0.494 e. The number of rotatable bonds is 8. The Kier molecular flexibility index (Phi) is 7.42. The number of ether oxygens (including phenoxy) is 2. The molecule has 4 aromatic rings. The van der Waals surface area contributed by atoms with Gasteiger partial charge in [0, 0.05) is 11.2 Å². The van der Waals surface area contributed by atoms with E-state index in [-0.39, 0.29) is 29.6 Å².